The lowest BCUT2D eigenvalue weighted by Crippen LogP contribution is -2.28. The molecule has 28 heavy (non-hydrogen) atoms. The van der Waals surface area contributed by atoms with Crippen molar-refractivity contribution in [3.05, 3.63) is 59.5 Å². The summed E-state index contributed by atoms with van der Waals surface area (Å²) in [5, 5.41) is 10.1. The van der Waals surface area contributed by atoms with Crippen LogP contribution in [0.25, 0.3) is 11.3 Å². The maximum absolute atomic E-state index is 12.9. The summed E-state index contributed by atoms with van der Waals surface area (Å²) in [6, 6.07) is 11.8. The Morgan fingerprint density at radius 1 is 1.21 bits per heavy atom. The van der Waals surface area contributed by atoms with Crippen LogP contribution in [0, 0.1) is 0 Å². The summed E-state index contributed by atoms with van der Waals surface area (Å²) in [4.78, 5) is 12.2. The smallest absolute Gasteiger partial charge is 0.355 e. The molecule has 3 aromatic rings. The van der Waals surface area contributed by atoms with Crippen LogP contribution in [0.15, 0.2) is 47.0 Å². The predicted molar refractivity (Wildman–Crippen MR) is 93.5 cm³/mol. The molecule has 1 N–H and O–H groups in total. The first-order valence-electron chi connectivity index (χ1n) is 8.87. The van der Waals surface area contributed by atoms with E-state index >= 15 is 0 Å². The topological polar surface area (TPSA) is 73.0 Å². The van der Waals surface area contributed by atoms with Gasteiger partial charge in [-0.15, -0.1) is 0 Å². The molecule has 0 atom stereocenters. The first kappa shape index (κ1) is 18.3. The fourth-order valence-electron chi connectivity index (χ4n) is 2.94. The summed E-state index contributed by atoms with van der Waals surface area (Å²) in [5.41, 5.74) is 0.566. The average molecular weight is 390 g/mol. The van der Waals surface area contributed by atoms with Crippen LogP contribution >= 0.6 is 0 Å². The Balaban J connectivity index is 1.39. The molecule has 0 aliphatic heterocycles. The number of nitrogens with one attached hydrogen (secondary N) is 1. The number of hydrogen-bond donors (Lipinski definition) is 1. The fourth-order valence-corrected chi connectivity index (χ4v) is 2.94. The maximum Gasteiger partial charge on any atom is 0.435 e. The molecule has 9 heteroatoms. The van der Waals surface area contributed by atoms with Gasteiger partial charge in [0.1, 0.15) is 0 Å². The van der Waals surface area contributed by atoms with E-state index < -0.39 is 17.8 Å². The van der Waals surface area contributed by atoms with Gasteiger partial charge in [0.15, 0.2) is 17.1 Å². The van der Waals surface area contributed by atoms with Gasteiger partial charge in [-0.25, -0.2) is 0 Å². The molecule has 2 heterocycles. The minimum absolute atomic E-state index is 0.109. The van der Waals surface area contributed by atoms with E-state index in [1.165, 1.54) is 10.7 Å². The van der Waals surface area contributed by atoms with Gasteiger partial charge < -0.3 is 9.84 Å². The van der Waals surface area contributed by atoms with Crippen molar-refractivity contribution in [1.29, 1.82) is 0 Å². The molecule has 1 aliphatic rings. The second-order valence-electron chi connectivity index (χ2n) is 6.65. The van der Waals surface area contributed by atoms with Crippen LogP contribution in [0.5, 0.6) is 0 Å². The monoisotopic (exact) mass is 390 g/mol. The third-order valence-corrected chi connectivity index (χ3v) is 4.51. The van der Waals surface area contributed by atoms with E-state index in [0.717, 1.165) is 24.5 Å². The number of benzene rings is 1. The molecule has 0 bridgehead atoms. The zero-order valence-corrected chi connectivity index (χ0v) is 14.7. The van der Waals surface area contributed by atoms with Gasteiger partial charge in [0, 0.05) is 29.8 Å². The second kappa shape index (κ2) is 7.14. The SMILES string of the molecule is O=C(NCCn1nc(C(F)(F)F)cc1C1CC1)c1cc(-c2ccccc2)on1. The normalized spacial score (nSPS) is 14.2. The maximum atomic E-state index is 12.9. The van der Waals surface area contributed by atoms with Crippen molar-refractivity contribution >= 4 is 5.91 Å². The average Bonchev–Trinajstić information content (AvgIpc) is 3.22. The highest BCUT2D eigenvalue weighted by Gasteiger charge is 2.37. The number of amides is 1. The second-order valence-corrected chi connectivity index (χ2v) is 6.65. The molecule has 1 aliphatic carbocycles. The van der Waals surface area contributed by atoms with E-state index in [9.17, 15) is 18.0 Å². The molecule has 0 spiro atoms. The van der Waals surface area contributed by atoms with Crippen LogP contribution in [0.4, 0.5) is 13.2 Å². The number of rotatable bonds is 6. The summed E-state index contributed by atoms with van der Waals surface area (Å²) in [5.74, 6) is 0.119. The molecule has 6 nitrogen and oxygen atoms in total. The number of hydrogen-bond acceptors (Lipinski definition) is 4. The fraction of sp³-hybridized carbons (Fsp3) is 0.316. The molecule has 4 rings (SSSR count). The third kappa shape index (κ3) is 3.92. The summed E-state index contributed by atoms with van der Waals surface area (Å²) >= 11 is 0. The van der Waals surface area contributed by atoms with Crippen LogP contribution in [-0.2, 0) is 12.7 Å². The van der Waals surface area contributed by atoms with Gasteiger partial charge in [-0.3, -0.25) is 9.48 Å². The summed E-state index contributed by atoms with van der Waals surface area (Å²) < 4.78 is 45.3. The van der Waals surface area contributed by atoms with Gasteiger partial charge in [0.25, 0.3) is 5.91 Å². The lowest BCUT2D eigenvalue weighted by molar-refractivity contribution is -0.141. The third-order valence-electron chi connectivity index (χ3n) is 4.51. The van der Waals surface area contributed by atoms with Crippen molar-refractivity contribution in [3.8, 4) is 11.3 Å². The Morgan fingerprint density at radius 2 is 1.96 bits per heavy atom. The minimum Gasteiger partial charge on any atom is -0.355 e. The Hall–Kier alpha value is -3.10. The minimum atomic E-state index is -4.48. The van der Waals surface area contributed by atoms with Gasteiger partial charge in [-0.1, -0.05) is 35.5 Å². The Bertz CT molecular complexity index is 975. The van der Waals surface area contributed by atoms with Crippen LogP contribution in [0.2, 0.25) is 0 Å². The molecule has 0 saturated heterocycles. The van der Waals surface area contributed by atoms with Crippen molar-refractivity contribution in [2.75, 3.05) is 6.54 Å². The van der Waals surface area contributed by atoms with Gasteiger partial charge in [0.05, 0.1) is 6.54 Å². The van der Waals surface area contributed by atoms with Crippen LogP contribution < -0.4 is 5.32 Å². The number of aromatic nitrogens is 3. The largest absolute Gasteiger partial charge is 0.435 e. The van der Waals surface area contributed by atoms with Crippen LogP contribution in [-0.4, -0.2) is 27.4 Å². The van der Waals surface area contributed by atoms with Crippen molar-refractivity contribution in [2.45, 2.75) is 31.5 Å². The number of alkyl halides is 3. The summed E-state index contributed by atoms with van der Waals surface area (Å²) in [6.07, 6.45) is -2.76. The predicted octanol–water partition coefficient (Wildman–Crippen LogP) is 3.86. The quantitative estimate of drug-likeness (QED) is 0.694. The van der Waals surface area contributed by atoms with E-state index in [1.807, 2.05) is 30.3 Å². The van der Waals surface area contributed by atoms with E-state index in [0.29, 0.717) is 11.5 Å². The zero-order valence-electron chi connectivity index (χ0n) is 14.7. The molecule has 1 saturated carbocycles. The summed E-state index contributed by atoms with van der Waals surface area (Å²) in [7, 11) is 0. The Morgan fingerprint density at radius 3 is 2.64 bits per heavy atom. The van der Waals surface area contributed by atoms with E-state index in [-0.39, 0.29) is 24.7 Å². The first-order valence-corrected chi connectivity index (χ1v) is 8.87. The number of carbonyl (C=O) groups excluding carboxylic acids is 1. The molecular weight excluding hydrogens is 373 g/mol. The first-order chi connectivity index (χ1) is 13.4. The molecule has 1 amide bonds. The molecule has 2 aromatic heterocycles. The van der Waals surface area contributed by atoms with E-state index in [2.05, 4.69) is 15.6 Å². The molecule has 1 fully saturated rings. The molecule has 1 aromatic carbocycles. The van der Waals surface area contributed by atoms with Crippen molar-refractivity contribution in [1.82, 2.24) is 20.3 Å². The van der Waals surface area contributed by atoms with Crippen molar-refractivity contribution in [3.63, 3.8) is 0 Å². The molecule has 0 unspecified atom stereocenters. The number of carbonyl (C=O) groups is 1. The Labute approximate surface area is 158 Å². The highest BCUT2D eigenvalue weighted by molar-refractivity contribution is 5.93. The lowest BCUT2D eigenvalue weighted by atomic mass is 10.1. The van der Waals surface area contributed by atoms with Crippen molar-refractivity contribution in [2.24, 2.45) is 0 Å². The van der Waals surface area contributed by atoms with Gasteiger partial charge in [-0.05, 0) is 18.9 Å². The number of halogens is 3. The van der Waals surface area contributed by atoms with Crippen molar-refractivity contribution < 1.29 is 22.5 Å². The van der Waals surface area contributed by atoms with E-state index in [1.54, 1.807) is 0 Å². The Kier molecular flexibility index (Phi) is 4.66. The van der Waals surface area contributed by atoms with Gasteiger partial charge in [-0.2, -0.15) is 18.3 Å². The number of nitrogens with zero attached hydrogens (tertiary/aromatic N) is 3. The molecule has 0 radical (unpaired) electrons. The van der Waals surface area contributed by atoms with Crippen LogP contribution in [0.3, 0.4) is 0 Å². The standard InChI is InChI=1S/C19H17F3N4O2/c20-19(21,22)17-11-15(12-6-7-12)26(24-17)9-8-23-18(27)14-10-16(28-25-14)13-4-2-1-3-5-13/h1-5,10-12H,6-9H2,(H,23,27). The zero-order chi connectivity index (χ0) is 19.7. The van der Waals surface area contributed by atoms with Crippen LogP contribution in [0.1, 0.15) is 40.6 Å². The molecule has 146 valence electrons. The lowest BCUT2D eigenvalue weighted by Gasteiger charge is -2.07. The molecular formula is C19H17F3N4O2. The van der Waals surface area contributed by atoms with Gasteiger partial charge >= 0.3 is 6.18 Å². The highest BCUT2D eigenvalue weighted by Crippen LogP contribution is 2.42. The van der Waals surface area contributed by atoms with E-state index in [4.69, 9.17) is 4.52 Å². The highest BCUT2D eigenvalue weighted by atomic mass is 19.4. The summed E-state index contributed by atoms with van der Waals surface area (Å²) in [6.45, 7) is 0.280. The van der Waals surface area contributed by atoms with Gasteiger partial charge in [0.2, 0.25) is 0 Å².